The Balaban J connectivity index is 1.60. The Morgan fingerprint density at radius 3 is 2.74 bits per heavy atom. The van der Waals surface area contributed by atoms with E-state index in [4.69, 9.17) is 5.11 Å². The highest BCUT2D eigenvalue weighted by Crippen LogP contribution is 2.15. The van der Waals surface area contributed by atoms with E-state index >= 15 is 0 Å². The fourth-order valence-electron chi connectivity index (χ4n) is 2.57. The number of fused-ring (bicyclic) bond motifs is 1. The zero-order valence-corrected chi connectivity index (χ0v) is 12.6. The number of carboxylic acids is 1. The topological polar surface area (TPSA) is 75.4 Å². The molecule has 0 saturated heterocycles. The maximum absolute atomic E-state index is 12.3. The predicted molar refractivity (Wildman–Crippen MR) is 84.7 cm³/mol. The van der Waals surface area contributed by atoms with Crippen molar-refractivity contribution in [3.63, 3.8) is 0 Å². The van der Waals surface area contributed by atoms with Crippen LogP contribution in [0.2, 0.25) is 0 Å². The molecule has 0 atom stereocenters. The number of nitrogens with zero attached hydrogens (tertiary/aromatic N) is 3. The number of benzene rings is 1. The van der Waals surface area contributed by atoms with Gasteiger partial charge in [-0.25, -0.2) is 4.79 Å². The van der Waals surface area contributed by atoms with Crippen molar-refractivity contribution in [2.45, 2.75) is 19.5 Å². The van der Waals surface area contributed by atoms with E-state index in [1.54, 1.807) is 9.58 Å². The van der Waals surface area contributed by atoms with Gasteiger partial charge < -0.3 is 10.0 Å². The summed E-state index contributed by atoms with van der Waals surface area (Å²) >= 11 is 0. The largest absolute Gasteiger partial charge is 0.476 e. The van der Waals surface area contributed by atoms with Crippen molar-refractivity contribution in [1.82, 2.24) is 14.7 Å². The van der Waals surface area contributed by atoms with Crippen molar-refractivity contribution in [3.05, 3.63) is 59.4 Å². The van der Waals surface area contributed by atoms with Crippen molar-refractivity contribution in [2.24, 2.45) is 0 Å². The molecule has 23 heavy (non-hydrogen) atoms. The normalized spacial score (nSPS) is 14.0. The van der Waals surface area contributed by atoms with Crippen LogP contribution in [-0.2, 0) is 17.9 Å². The van der Waals surface area contributed by atoms with Crippen LogP contribution < -0.4 is 0 Å². The van der Waals surface area contributed by atoms with Gasteiger partial charge in [0.25, 0.3) is 0 Å². The molecule has 3 rings (SSSR count). The van der Waals surface area contributed by atoms with Gasteiger partial charge >= 0.3 is 5.97 Å². The number of aromatic carboxylic acids is 1. The molecule has 2 aromatic rings. The molecule has 0 fully saturated rings. The Morgan fingerprint density at radius 2 is 2.00 bits per heavy atom. The van der Waals surface area contributed by atoms with Crippen LogP contribution >= 0.6 is 0 Å². The van der Waals surface area contributed by atoms with Crippen LogP contribution in [0.1, 0.15) is 28.2 Å². The lowest BCUT2D eigenvalue weighted by Crippen LogP contribution is -2.38. The zero-order chi connectivity index (χ0) is 16.2. The van der Waals surface area contributed by atoms with Crippen molar-refractivity contribution >= 4 is 18.0 Å². The molecule has 0 saturated carbocycles. The van der Waals surface area contributed by atoms with E-state index in [1.807, 2.05) is 42.5 Å². The van der Waals surface area contributed by atoms with E-state index in [0.717, 1.165) is 11.3 Å². The summed E-state index contributed by atoms with van der Waals surface area (Å²) in [4.78, 5) is 24.9. The summed E-state index contributed by atoms with van der Waals surface area (Å²) in [6.07, 6.45) is 4.11. The molecule has 1 aromatic carbocycles. The van der Waals surface area contributed by atoms with Gasteiger partial charge in [0.05, 0.1) is 18.8 Å². The average molecular weight is 311 g/mol. The average Bonchev–Trinajstić information content (AvgIpc) is 2.99. The molecular weight excluding hydrogens is 294 g/mol. The van der Waals surface area contributed by atoms with E-state index in [0.29, 0.717) is 26.1 Å². The number of carbonyl (C=O) groups is 2. The maximum Gasteiger partial charge on any atom is 0.356 e. The second-order valence-corrected chi connectivity index (χ2v) is 5.38. The molecule has 1 aliphatic rings. The van der Waals surface area contributed by atoms with Gasteiger partial charge in [0.2, 0.25) is 5.91 Å². The SMILES string of the molecule is O=C(O)c1cc2n(n1)CCN(C(=O)C/C=C/c1ccccc1)C2. The summed E-state index contributed by atoms with van der Waals surface area (Å²) in [7, 11) is 0. The Morgan fingerprint density at radius 1 is 1.22 bits per heavy atom. The van der Waals surface area contributed by atoms with Gasteiger partial charge in [-0.1, -0.05) is 42.5 Å². The molecule has 0 radical (unpaired) electrons. The maximum atomic E-state index is 12.3. The molecule has 0 unspecified atom stereocenters. The van der Waals surface area contributed by atoms with Crippen LogP contribution in [0, 0.1) is 0 Å². The van der Waals surface area contributed by atoms with E-state index < -0.39 is 5.97 Å². The molecule has 6 heteroatoms. The number of hydrogen-bond donors (Lipinski definition) is 1. The minimum Gasteiger partial charge on any atom is -0.476 e. The first-order chi connectivity index (χ1) is 11.1. The first-order valence-corrected chi connectivity index (χ1v) is 7.43. The highest BCUT2D eigenvalue weighted by Gasteiger charge is 2.23. The first kappa shape index (κ1) is 15.0. The summed E-state index contributed by atoms with van der Waals surface area (Å²) in [5.74, 6) is -1.02. The van der Waals surface area contributed by atoms with Gasteiger partial charge in [0.15, 0.2) is 5.69 Å². The number of hydrogen-bond acceptors (Lipinski definition) is 3. The van der Waals surface area contributed by atoms with Gasteiger partial charge in [0.1, 0.15) is 0 Å². The van der Waals surface area contributed by atoms with Gasteiger partial charge in [-0.15, -0.1) is 0 Å². The third kappa shape index (κ3) is 3.48. The van der Waals surface area contributed by atoms with E-state index in [1.165, 1.54) is 6.07 Å². The standard InChI is InChI=1S/C17H17N3O3/c21-16(8-4-7-13-5-2-1-3-6-13)19-9-10-20-14(12-19)11-15(18-20)17(22)23/h1-7,11H,8-10,12H2,(H,22,23)/b7-4+. The van der Waals surface area contributed by atoms with Gasteiger partial charge in [-0.2, -0.15) is 5.10 Å². The number of carbonyl (C=O) groups excluding carboxylic acids is 1. The summed E-state index contributed by atoms with van der Waals surface area (Å²) in [5, 5.41) is 13.0. The van der Waals surface area contributed by atoms with Crippen LogP contribution in [-0.4, -0.2) is 38.2 Å². The molecule has 0 aliphatic carbocycles. The fourth-order valence-corrected chi connectivity index (χ4v) is 2.57. The van der Waals surface area contributed by atoms with Gasteiger partial charge in [-0.3, -0.25) is 9.48 Å². The Kier molecular flexibility index (Phi) is 4.23. The van der Waals surface area contributed by atoms with Gasteiger partial charge in [0, 0.05) is 13.0 Å². The van der Waals surface area contributed by atoms with Crippen molar-refractivity contribution < 1.29 is 14.7 Å². The monoisotopic (exact) mass is 311 g/mol. The molecule has 118 valence electrons. The second-order valence-electron chi connectivity index (χ2n) is 5.38. The molecule has 1 aliphatic heterocycles. The van der Waals surface area contributed by atoms with Crippen LogP contribution in [0.5, 0.6) is 0 Å². The van der Waals surface area contributed by atoms with Crippen LogP contribution in [0.15, 0.2) is 42.5 Å². The minimum atomic E-state index is -1.05. The Bertz CT molecular complexity index is 750. The highest BCUT2D eigenvalue weighted by atomic mass is 16.4. The molecule has 1 N–H and O–H groups in total. The predicted octanol–water partition coefficient (Wildman–Crippen LogP) is 2.03. The molecule has 6 nitrogen and oxygen atoms in total. The molecule has 0 spiro atoms. The van der Waals surface area contributed by atoms with Gasteiger partial charge in [-0.05, 0) is 11.6 Å². The quantitative estimate of drug-likeness (QED) is 0.937. The summed E-state index contributed by atoms with van der Waals surface area (Å²) in [5.41, 5.74) is 1.84. The molecular formula is C17H17N3O3. The minimum absolute atomic E-state index is 0.0262. The highest BCUT2D eigenvalue weighted by molar-refractivity contribution is 5.85. The fraction of sp³-hybridized carbons (Fsp3) is 0.235. The zero-order valence-electron chi connectivity index (χ0n) is 12.6. The molecule has 0 bridgehead atoms. The lowest BCUT2D eigenvalue weighted by atomic mass is 10.2. The van der Waals surface area contributed by atoms with Crippen LogP contribution in [0.3, 0.4) is 0 Å². The van der Waals surface area contributed by atoms with Crippen LogP contribution in [0.4, 0.5) is 0 Å². The first-order valence-electron chi connectivity index (χ1n) is 7.43. The van der Waals surface area contributed by atoms with Crippen molar-refractivity contribution in [1.29, 1.82) is 0 Å². The number of rotatable bonds is 4. The van der Waals surface area contributed by atoms with Crippen LogP contribution in [0.25, 0.3) is 6.08 Å². The Hall–Kier alpha value is -2.89. The number of aromatic nitrogens is 2. The third-order valence-corrected chi connectivity index (χ3v) is 3.77. The number of amides is 1. The van der Waals surface area contributed by atoms with E-state index in [-0.39, 0.29) is 11.6 Å². The van der Waals surface area contributed by atoms with Crippen molar-refractivity contribution in [2.75, 3.05) is 6.54 Å². The summed E-state index contributed by atoms with van der Waals surface area (Å²) < 4.78 is 1.66. The lowest BCUT2D eigenvalue weighted by molar-refractivity contribution is -0.131. The Labute approximate surface area is 133 Å². The summed E-state index contributed by atoms with van der Waals surface area (Å²) in [6.45, 7) is 1.47. The third-order valence-electron chi connectivity index (χ3n) is 3.77. The van der Waals surface area contributed by atoms with E-state index in [9.17, 15) is 9.59 Å². The number of carboxylic acid groups (broad SMARTS) is 1. The lowest BCUT2D eigenvalue weighted by Gasteiger charge is -2.27. The second kappa shape index (κ2) is 6.48. The summed E-state index contributed by atoms with van der Waals surface area (Å²) in [6, 6.07) is 11.3. The molecule has 1 aromatic heterocycles. The molecule has 1 amide bonds. The van der Waals surface area contributed by atoms with E-state index in [2.05, 4.69) is 5.10 Å². The van der Waals surface area contributed by atoms with Crippen molar-refractivity contribution in [3.8, 4) is 0 Å². The smallest absolute Gasteiger partial charge is 0.356 e. The molecule has 2 heterocycles.